The van der Waals surface area contributed by atoms with E-state index < -0.39 is 17.2 Å². The topological polar surface area (TPSA) is 70.2 Å². The van der Waals surface area contributed by atoms with Crippen LogP contribution in [0.1, 0.15) is 35.7 Å². The van der Waals surface area contributed by atoms with Crippen LogP contribution in [0.4, 0.5) is 18.9 Å². The number of amides is 1. The lowest BCUT2D eigenvalue weighted by Gasteiger charge is -2.38. The number of likely N-dealkylation sites (tertiary alicyclic amines) is 1. The van der Waals surface area contributed by atoms with Gasteiger partial charge in [0.2, 0.25) is 5.91 Å². The number of nitrogens with one attached hydrogen (secondary N) is 2. The molecule has 3 aliphatic rings. The predicted octanol–water partition coefficient (Wildman–Crippen LogP) is 5.43. The predicted molar refractivity (Wildman–Crippen MR) is 134 cm³/mol. The molecule has 6 rings (SSSR count). The van der Waals surface area contributed by atoms with E-state index in [1.54, 1.807) is 23.9 Å². The number of alkyl halides is 3. The first-order valence-electron chi connectivity index (χ1n) is 11.9. The number of hydrogen-bond donors (Lipinski definition) is 2. The Balaban J connectivity index is 1.12. The van der Waals surface area contributed by atoms with Crippen LogP contribution in [0.5, 0.6) is 5.75 Å². The average Bonchev–Trinajstić information content (AvgIpc) is 3.31. The molecule has 190 valence electrons. The van der Waals surface area contributed by atoms with Crippen molar-refractivity contribution in [1.29, 1.82) is 0 Å². The summed E-state index contributed by atoms with van der Waals surface area (Å²) in [5.41, 5.74) is 0.684. The number of thioether (sulfide) groups is 1. The summed E-state index contributed by atoms with van der Waals surface area (Å²) < 4.78 is 47.1. The third-order valence-electron chi connectivity index (χ3n) is 7.47. The number of hydrogen-bond acceptors (Lipinski definition) is 5. The van der Waals surface area contributed by atoms with E-state index in [0.717, 1.165) is 28.8 Å². The molecule has 1 aromatic heterocycles. The molecule has 0 atom stereocenters. The minimum absolute atomic E-state index is 0.00284. The number of rotatable bonds is 5. The number of fused-ring (bicyclic) bond motifs is 3. The lowest BCUT2D eigenvalue weighted by Crippen LogP contribution is -2.47. The number of anilines is 1. The van der Waals surface area contributed by atoms with Gasteiger partial charge in [-0.3, -0.25) is 9.69 Å². The van der Waals surface area contributed by atoms with Crippen LogP contribution in [-0.4, -0.2) is 58.5 Å². The van der Waals surface area contributed by atoms with Crippen molar-refractivity contribution in [2.75, 3.05) is 43.1 Å². The van der Waals surface area contributed by atoms with Crippen molar-refractivity contribution in [2.24, 2.45) is 0 Å². The zero-order valence-corrected chi connectivity index (χ0v) is 20.8. The number of piperidine rings is 1. The van der Waals surface area contributed by atoms with Crippen molar-refractivity contribution in [3.05, 3.63) is 52.3 Å². The van der Waals surface area contributed by atoms with E-state index in [-0.39, 0.29) is 29.7 Å². The third kappa shape index (κ3) is 4.13. The van der Waals surface area contributed by atoms with Gasteiger partial charge < -0.3 is 15.0 Å². The monoisotopic (exact) mass is 536 g/mol. The van der Waals surface area contributed by atoms with Gasteiger partial charge in [-0.15, -0.1) is 0 Å². The number of carbonyl (C=O) groups excluding carboxylic acids is 1. The van der Waals surface area contributed by atoms with Crippen LogP contribution >= 0.6 is 23.4 Å². The molecule has 2 fully saturated rings. The number of benzene rings is 2. The fraction of sp³-hybridized carbons (Fsp3) is 0.440. The summed E-state index contributed by atoms with van der Waals surface area (Å²) in [6.07, 6.45) is -3.24. The van der Waals surface area contributed by atoms with Gasteiger partial charge in [-0.25, -0.2) is 4.98 Å². The molecular formula is C25H24ClF3N4O2S. The van der Waals surface area contributed by atoms with Crippen LogP contribution in [0, 0.1) is 0 Å². The quantitative estimate of drug-likeness (QED) is 0.455. The first kappa shape index (κ1) is 23.9. The second-order valence-corrected chi connectivity index (χ2v) is 11.1. The van der Waals surface area contributed by atoms with Crippen molar-refractivity contribution in [1.82, 2.24) is 14.9 Å². The van der Waals surface area contributed by atoms with E-state index >= 15 is 0 Å². The van der Waals surface area contributed by atoms with Gasteiger partial charge in [-0.2, -0.15) is 24.9 Å². The maximum absolute atomic E-state index is 13.8. The van der Waals surface area contributed by atoms with Gasteiger partial charge in [0.05, 0.1) is 16.5 Å². The highest BCUT2D eigenvalue weighted by Crippen LogP contribution is 2.46. The highest BCUT2D eigenvalue weighted by atomic mass is 35.5. The molecule has 3 aliphatic heterocycles. The highest BCUT2D eigenvalue weighted by molar-refractivity contribution is 8.00. The molecule has 4 heterocycles. The molecule has 3 aromatic rings. The molecular weight excluding hydrogens is 513 g/mol. The Hall–Kier alpha value is -2.43. The second kappa shape index (κ2) is 8.85. The van der Waals surface area contributed by atoms with Crippen LogP contribution in [0.2, 0.25) is 5.02 Å². The van der Waals surface area contributed by atoms with Crippen LogP contribution in [0.25, 0.3) is 11.0 Å². The van der Waals surface area contributed by atoms with Crippen LogP contribution in [0.3, 0.4) is 0 Å². The molecule has 11 heteroatoms. The molecule has 1 amide bonds. The van der Waals surface area contributed by atoms with E-state index in [4.69, 9.17) is 16.3 Å². The average molecular weight is 537 g/mol. The summed E-state index contributed by atoms with van der Waals surface area (Å²) in [6.45, 7) is 2.15. The zero-order chi connectivity index (χ0) is 25.1. The Labute approximate surface area is 214 Å². The van der Waals surface area contributed by atoms with Crippen LogP contribution in [-0.2, 0) is 16.4 Å². The van der Waals surface area contributed by atoms with Crippen molar-refractivity contribution in [3.8, 4) is 5.75 Å². The van der Waals surface area contributed by atoms with Gasteiger partial charge in [0.15, 0.2) is 0 Å². The van der Waals surface area contributed by atoms with E-state index in [1.807, 2.05) is 12.1 Å². The molecule has 1 spiro atoms. The van der Waals surface area contributed by atoms with E-state index in [9.17, 15) is 18.0 Å². The van der Waals surface area contributed by atoms with Crippen molar-refractivity contribution in [3.63, 3.8) is 0 Å². The van der Waals surface area contributed by atoms with Gasteiger partial charge in [-0.1, -0.05) is 11.6 Å². The fourth-order valence-electron chi connectivity index (χ4n) is 5.33. The minimum Gasteiger partial charge on any atom is -0.492 e. The van der Waals surface area contributed by atoms with Gasteiger partial charge in [-0.05, 0) is 55.8 Å². The molecule has 36 heavy (non-hydrogen) atoms. The molecule has 2 saturated heterocycles. The highest BCUT2D eigenvalue weighted by Gasteiger charge is 2.48. The first-order chi connectivity index (χ1) is 17.2. The lowest BCUT2D eigenvalue weighted by molar-refractivity contribution is -0.136. The second-order valence-electron chi connectivity index (χ2n) is 9.64. The third-order valence-corrected chi connectivity index (χ3v) is 8.99. The lowest BCUT2D eigenvalue weighted by atomic mass is 9.73. The number of H-pyrrole nitrogens is 1. The van der Waals surface area contributed by atoms with E-state index in [2.05, 4.69) is 20.2 Å². The Morgan fingerprint density at radius 3 is 2.67 bits per heavy atom. The van der Waals surface area contributed by atoms with Gasteiger partial charge in [0.25, 0.3) is 0 Å². The number of carbonyl (C=O) groups is 1. The number of ether oxygens (including phenoxy) is 1. The summed E-state index contributed by atoms with van der Waals surface area (Å²) in [6, 6.07) is 8.11. The fourth-order valence-corrected chi connectivity index (χ4v) is 6.29. The number of aromatic amines is 1. The number of aromatic nitrogens is 2. The Kier molecular flexibility index (Phi) is 5.88. The Morgan fingerprint density at radius 1 is 1.19 bits per heavy atom. The summed E-state index contributed by atoms with van der Waals surface area (Å²) in [5, 5.41) is 3.57. The standard InChI is InChI=1S/C25H24ClF3N4O2S/c26-15-1-2-19-17(9-15)24(23(34)31-19)3-5-33(6-4-24)7-8-35-16-10-18(25(27,28)29)21-20(11-16)30-22(32-21)14-12-36-13-14/h1-2,9-11,14H,3-8,12-13H2,(H,30,32)(H,31,34). The summed E-state index contributed by atoms with van der Waals surface area (Å²) in [5.74, 6) is 2.67. The van der Waals surface area contributed by atoms with Crippen molar-refractivity contribution in [2.45, 2.75) is 30.4 Å². The molecule has 2 aromatic carbocycles. The molecule has 6 nitrogen and oxygen atoms in total. The zero-order valence-electron chi connectivity index (χ0n) is 19.3. The normalized spacial score (nSPS) is 19.9. The maximum Gasteiger partial charge on any atom is 0.418 e. The minimum atomic E-state index is -4.53. The molecule has 2 N–H and O–H groups in total. The molecule has 0 radical (unpaired) electrons. The SMILES string of the molecule is O=C1Nc2ccc(Cl)cc2C12CCN(CCOc1cc(C(F)(F)F)c3nc(C4CSC4)[nH]c3c1)CC2. The largest absolute Gasteiger partial charge is 0.492 e. The van der Waals surface area contributed by atoms with Gasteiger partial charge in [0, 0.05) is 40.7 Å². The number of halogens is 4. The Morgan fingerprint density at radius 2 is 1.97 bits per heavy atom. The van der Waals surface area contributed by atoms with Gasteiger partial charge >= 0.3 is 6.18 Å². The molecule has 0 unspecified atom stereocenters. The van der Waals surface area contributed by atoms with Crippen molar-refractivity contribution >= 4 is 46.0 Å². The molecule has 0 saturated carbocycles. The van der Waals surface area contributed by atoms with E-state index in [0.29, 0.717) is 48.8 Å². The summed E-state index contributed by atoms with van der Waals surface area (Å²) in [4.78, 5) is 22.3. The smallest absolute Gasteiger partial charge is 0.418 e. The summed E-state index contributed by atoms with van der Waals surface area (Å²) >= 11 is 7.94. The number of nitrogens with zero attached hydrogens (tertiary/aromatic N) is 2. The number of imidazole rings is 1. The summed E-state index contributed by atoms with van der Waals surface area (Å²) in [7, 11) is 0. The Bertz CT molecular complexity index is 1330. The molecule has 0 bridgehead atoms. The first-order valence-corrected chi connectivity index (χ1v) is 13.4. The maximum atomic E-state index is 13.8. The van der Waals surface area contributed by atoms with Crippen molar-refractivity contribution < 1.29 is 22.7 Å². The van der Waals surface area contributed by atoms with Gasteiger partial charge in [0.1, 0.15) is 23.7 Å². The molecule has 0 aliphatic carbocycles. The van der Waals surface area contributed by atoms with Crippen LogP contribution < -0.4 is 10.1 Å². The van der Waals surface area contributed by atoms with E-state index in [1.165, 1.54) is 0 Å². The van der Waals surface area contributed by atoms with Crippen LogP contribution in [0.15, 0.2) is 30.3 Å².